The molecule has 3 aromatic rings. The number of hydrogen-bond acceptors (Lipinski definition) is 5. The summed E-state index contributed by atoms with van der Waals surface area (Å²) in [5.41, 5.74) is 1.05. The largest absolute Gasteiger partial charge is 0.449 e. The zero-order valence-corrected chi connectivity index (χ0v) is 19.5. The van der Waals surface area contributed by atoms with Crippen LogP contribution in [0.2, 0.25) is 0 Å². The molecule has 2 fully saturated rings. The lowest BCUT2D eigenvalue weighted by atomic mass is 9.99. The Morgan fingerprint density at radius 2 is 1.79 bits per heavy atom. The van der Waals surface area contributed by atoms with Crippen molar-refractivity contribution in [2.75, 3.05) is 31.5 Å². The Kier molecular flexibility index (Phi) is 6.60. The van der Waals surface area contributed by atoms with E-state index >= 15 is 0 Å². The van der Waals surface area contributed by atoms with Crippen LogP contribution in [0.4, 0.5) is 5.69 Å². The summed E-state index contributed by atoms with van der Waals surface area (Å²) in [7, 11) is 0. The van der Waals surface area contributed by atoms with Gasteiger partial charge in [-0.1, -0.05) is 24.6 Å². The second-order valence-corrected chi connectivity index (χ2v) is 9.74. The number of carbonyl (C=O) groups is 2. The van der Waals surface area contributed by atoms with E-state index in [1.807, 2.05) is 46.7 Å². The van der Waals surface area contributed by atoms with Crippen LogP contribution < -0.4 is 5.32 Å². The van der Waals surface area contributed by atoms with Gasteiger partial charge in [0.15, 0.2) is 0 Å². The monoisotopic (exact) mass is 463 g/mol. The molecule has 6 nitrogen and oxygen atoms in total. The lowest BCUT2D eigenvalue weighted by molar-refractivity contribution is -0.111. The molecule has 7 heteroatoms. The Morgan fingerprint density at radius 1 is 1.00 bits per heavy atom. The number of rotatable bonds is 5. The fourth-order valence-corrected chi connectivity index (χ4v) is 5.51. The molecule has 2 amide bonds. The summed E-state index contributed by atoms with van der Waals surface area (Å²) in [6.45, 7) is 3.78. The molecule has 0 saturated carbocycles. The summed E-state index contributed by atoms with van der Waals surface area (Å²) in [4.78, 5) is 31.6. The maximum Gasteiger partial charge on any atom is 0.291 e. The number of amides is 2. The number of nitrogens with one attached hydrogen (secondary N) is 1. The molecule has 0 unspecified atom stereocenters. The molecule has 172 valence electrons. The van der Waals surface area contributed by atoms with Crippen LogP contribution in [0.15, 0.2) is 52.3 Å². The molecule has 1 N–H and O–H groups in total. The third-order valence-electron chi connectivity index (χ3n) is 6.64. The predicted molar refractivity (Wildman–Crippen MR) is 133 cm³/mol. The zero-order valence-electron chi connectivity index (χ0n) is 18.7. The predicted octanol–water partition coefficient (Wildman–Crippen LogP) is 5.24. The number of furan rings is 1. The van der Waals surface area contributed by atoms with Crippen LogP contribution in [0.1, 0.15) is 47.5 Å². The van der Waals surface area contributed by atoms with E-state index in [1.54, 1.807) is 17.4 Å². The first kappa shape index (κ1) is 21.9. The van der Waals surface area contributed by atoms with Gasteiger partial charge in [-0.3, -0.25) is 9.59 Å². The van der Waals surface area contributed by atoms with Gasteiger partial charge in [0.1, 0.15) is 11.3 Å². The molecule has 0 spiro atoms. The molecular formula is C26H29N3O3S. The number of thiophene rings is 1. The lowest BCUT2D eigenvalue weighted by Crippen LogP contribution is -2.48. The standard InChI is InChI=1S/C26H29N3O3S/c30-23(11-10-20-7-6-18-33-20)27-24-21-8-2-3-9-22(21)32-25(24)26(31)29-16-12-19(13-17-29)28-14-4-1-5-15-28/h2-3,6-11,18-19H,1,4-5,12-17H2,(H,27,30)/b11-10+. The quantitative estimate of drug-likeness (QED) is 0.526. The van der Waals surface area contributed by atoms with Crippen molar-refractivity contribution in [2.24, 2.45) is 0 Å². The highest BCUT2D eigenvalue weighted by Crippen LogP contribution is 2.33. The summed E-state index contributed by atoms with van der Waals surface area (Å²) >= 11 is 1.56. The summed E-state index contributed by atoms with van der Waals surface area (Å²) in [6, 6.07) is 11.9. The van der Waals surface area contributed by atoms with Crippen LogP contribution in [0.5, 0.6) is 0 Å². The van der Waals surface area contributed by atoms with Gasteiger partial charge in [0.25, 0.3) is 5.91 Å². The minimum Gasteiger partial charge on any atom is -0.449 e. The molecule has 4 heterocycles. The van der Waals surface area contributed by atoms with E-state index in [0.29, 0.717) is 30.4 Å². The fourth-order valence-electron chi connectivity index (χ4n) is 4.89. The van der Waals surface area contributed by atoms with Gasteiger partial charge in [0.05, 0.1) is 0 Å². The van der Waals surface area contributed by atoms with E-state index in [1.165, 1.54) is 38.4 Å². The SMILES string of the molecule is O=C(/C=C/c1cccs1)Nc1c(C(=O)N2CCC(N3CCCCC3)CC2)oc2ccccc12. The van der Waals surface area contributed by atoms with Crippen molar-refractivity contribution < 1.29 is 14.0 Å². The molecule has 0 aliphatic carbocycles. The number of likely N-dealkylation sites (tertiary alicyclic amines) is 2. The van der Waals surface area contributed by atoms with Crippen molar-refractivity contribution in [3.63, 3.8) is 0 Å². The lowest BCUT2D eigenvalue weighted by Gasteiger charge is -2.40. The van der Waals surface area contributed by atoms with Gasteiger partial charge in [-0.25, -0.2) is 0 Å². The van der Waals surface area contributed by atoms with E-state index < -0.39 is 0 Å². The van der Waals surface area contributed by atoms with Crippen molar-refractivity contribution in [1.82, 2.24) is 9.80 Å². The molecule has 1 aromatic carbocycles. The van der Waals surface area contributed by atoms with E-state index in [-0.39, 0.29) is 17.6 Å². The topological polar surface area (TPSA) is 65.8 Å². The molecule has 0 radical (unpaired) electrons. The van der Waals surface area contributed by atoms with Gasteiger partial charge >= 0.3 is 0 Å². The number of fused-ring (bicyclic) bond motifs is 1. The van der Waals surface area contributed by atoms with Crippen molar-refractivity contribution in [2.45, 2.75) is 38.1 Å². The van der Waals surface area contributed by atoms with Crippen LogP contribution in [-0.4, -0.2) is 53.8 Å². The van der Waals surface area contributed by atoms with Crippen LogP contribution >= 0.6 is 11.3 Å². The Labute approximate surface area is 197 Å². The number of para-hydroxylation sites is 1. The highest BCUT2D eigenvalue weighted by molar-refractivity contribution is 7.10. The molecule has 2 aliphatic heterocycles. The van der Waals surface area contributed by atoms with Gasteiger partial charge in [0, 0.05) is 35.5 Å². The maximum absolute atomic E-state index is 13.5. The first-order chi connectivity index (χ1) is 16.2. The number of carbonyl (C=O) groups excluding carboxylic acids is 2. The normalized spacial score (nSPS) is 18.2. The Morgan fingerprint density at radius 3 is 2.55 bits per heavy atom. The molecule has 5 rings (SSSR count). The second kappa shape index (κ2) is 9.93. The minimum absolute atomic E-state index is 0.152. The van der Waals surface area contributed by atoms with Crippen molar-refractivity contribution in [3.8, 4) is 0 Å². The van der Waals surface area contributed by atoms with E-state index in [9.17, 15) is 9.59 Å². The minimum atomic E-state index is -0.284. The van der Waals surface area contributed by atoms with E-state index in [2.05, 4.69) is 10.2 Å². The van der Waals surface area contributed by atoms with Crippen LogP contribution in [0.25, 0.3) is 17.0 Å². The number of benzene rings is 1. The van der Waals surface area contributed by atoms with Gasteiger partial charge in [0.2, 0.25) is 11.7 Å². The highest BCUT2D eigenvalue weighted by atomic mass is 32.1. The number of hydrogen-bond donors (Lipinski definition) is 1. The first-order valence-corrected chi connectivity index (χ1v) is 12.6. The van der Waals surface area contributed by atoms with Gasteiger partial charge < -0.3 is 19.5 Å². The Hall–Kier alpha value is -2.90. The fraction of sp³-hybridized carbons (Fsp3) is 0.385. The van der Waals surface area contributed by atoms with Crippen LogP contribution in [0, 0.1) is 0 Å². The van der Waals surface area contributed by atoms with E-state index in [0.717, 1.165) is 23.1 Å². The molecule has 0 atom stereocenters. The second-order valence-electron chi connectivity index (χ2n) is 8.76. The number of nitrogens with zero attached hydrogens (tertiary/aromatic N) is 2. The van der Waals surface area contributed by atoms with Crippen molar-refractivity contribution in [3.05, 3.63) is 58.5 Å². The van der Waals surface area contributed by atoms with Gasteiger partial charge in [-0.15, -0.1) is 11.3 Å². The molecule has 2 aliphatic rings. The third kappa shape index (κ3) is 4.89. The summed E-state index contributed by atoms with van der Waals surface area (Å²) in [5, 5.41) is 5.61. The Bertz CT molecular complexity index is 1140. The molecule has 33 heavy (non-hydrogen) atoms. The summed E-state index contributed by atoms with van der Waals surface area (Å²) < 4.78 is 5.97. The molecule has 2 aromatic heterocycles. The number of anilines is 1. The van der Waals surface area contributed by atoms with Crippen LogP contribution in [-0.2, 0) is 4.79 Å². The van der Waals surface area contributed by atoms with Crippen molar-refractivity contribution in [1.29, 1.82) is 0 Å². The van der Waals surface area contributed by atoms with E-state index in [4.69, 9.17) is 4.42 Å². The van der Waals surface area contributed by atoms with Crippen molar-refractivity contribution >= 4 is 45.9 Å². The van der Waals surface area contributed by atoms with Gasteiger partial charge in [-0.2, -0.15) is 0 Å². The highest BCUT2D eigenvalue weighted by Gasteiger charge is 2.31. The first-order valence-electron chi connectivity index (χ1n) is 11.8. The summed E-state index contributed by atoms with van der Waals surface area (Å²) in [5.74, 6) is -0.223. The molecule has 2 saturated heterocycles. The number of piperidine rings is 2. The van der Waals surface area contributed by atoms with Gasteiger partial charge in [-0.05, 0) is 68.4 Å². The average molecular weight is 464 g/mol. The maximum atomic E-state index is 13.5. The zero-order chi connectivity index (χ0) is 22.6. The average Bonchev–Trinajstić information content (AvgIpc) is 3.51. The summed E-state index contributed by atoms with van der Waals surface area (Å²) in [6.07, 6.45) is 9.12. The molecule has 0 bridgehead atoms. The van der Waals surface area contributed by atoms with Crippen LogP contribution in [0.3, 0.4) is 0 Å². The third-order valence-corrected chi connectivity index (χ3v) is 7.48. The smallest absolute Gasteiger partial charge is 0.291 e. The molecular weight excluding hydrogens is 434 g/mol. The Balaban J connectivity index is 1.32.